The third kappa shape index (κ3) is 5.72. The molecule has 0 fully saturated rings. The molecule has 62 heavy (non-hydrogen) atoms. The minimum absolute atomic E-state index is 0.728. The molecule has 1 atom stereocenters. The molecule has 9 aromatic carbocycles. The van der Waals surface area contributed by atoms with Crippen molar-refractivity contribution in [3.8, 4) is 67.3 Å². The Kier molecular flexibility index (Phi) is 8.51. The first kappa shape index (κ1) is 36.0. The van der Waals surface area contributed by atoms with Gasteiger partial charge in [-0.15, -0.1) is 0 Å². The van der Waals surface area contributed by atoms with Gasteiger partial charge in [0.2, 0.25) is 0 Å². The van der Waals surface area contributed by atoms with Gasteiger partial charge in [0.1, 0.15) is 0 Å². The monoisotopic (exact) mass is 805 g/mol. The number of hydrogen-bond donors (Lipinski definition) is 0. The zero-order valence-corrected chi connectivity index (χ0v) is 34.9. The van der Waals surface area contributed by atoms with Gasteiger partial charge < -0.3 is 4.90 Å². The molecule has 0 saturated heterocycles. The quantitative estimate of drug-likeness (QED) is 0.150. The molecule has 0 saturated carbocycles. The van der Waals surface area contributed by atoms with E-state index in [9.17, 15) is 0 Å². The van der Waals surface area contributed by atoms with E-state index in [0.29, 0.717) is 0 Å². The molecular formula is C58H39N3Si. The molecule has 2 aliphatic rings. The van der Waals surface area contributed by atoms with E-state index in [1.54, 1.807) is 0 Å². The number of nitrogens with zero attached hydrogens (tertiary/aromatic N) is 3. The summed E-state index contributed by atoms with van der Waals surface area (Å²) in [6, 6.07) is 85.7. The zero-order chi connectivity index (χ0) is 41.0. The van der Waals surface area contributed by atoms with E-state index in [2.05, 4.69) is 229 Å². The van der Waals surface area contributed by atoms with Crippen molar-refractivity contribution in [2.45, 2.75) is 0 Å². The second-order valence-electron chi connectivity index (χ2n) is 16.1. The van der Waals surface area contributed by atoms with Crippen molar-refractivity contribution in [3.63, 3.8) is 0 Å². The maximum absolute atomic E-state index is 5.22. The van der Waals surface area contributed by atoms with Gasteiger partial charge >= 0.3 is 0 Å². The Morgan fingerprint density at radius 1 is 0.274 bits per heavy atom. The summed E-state index contributed by atoms with van der Waals surface area (Å²) in [5.74, 6) is 0.728. The van der Waals surface area contributed by atoms with Gasteiger partial charge in [0.15, 0.2) is 13.9 Å². The maximum atomic E-state index is 5.22. The van der Waals surface area contributed by atoms with Crippen LogP contribution in [0.3, 0.4) is 0 Å². The second-order valence-corrected chi connectivity index (χ2v) is 19.8. The Hall–Kier alpha value is -7.92. The molecule has 3 heterocycles. The normalized spacial score (nSPS) is 14.2. The molecular weight excluding hydrogens is 767 g/mol. The van der Waals surface area contributed by atoms with E-state index in [-0.39, 0.29) is 0 Å². The van der Waals surface area contributed by atoms with Crippen LogP contribution >= 0.6 is 0 Å². The first-order valence-corrected chi connectivity index (χ1v) is 23.2. The summed E-state index contributed by atoms with van der Waals surface area (Å²) >= 11 is 0. The highest BCUT2D eigenvalue weighted by molar-refractivity contribution is 7.24. The van der Waals surface area contributed by atoms with Crippen LogP contribution in [0.5, 0.6) is 0 Å². The van der Waals surface area contributed by atoms with Gasteiger partial charge in [-0.05, 0) is 109 Å². The summed E-state index contributed by atoms with van der Waals surface area (Å²) in [6.07, 6.45) is 0. The lowest BCUT2D eigenvalue weighted by atomic mass is 9.99. The van der Waals surface area contributed by atoms with Crippen molar-refractivity contribution in [1.29, 1.82) is 0 Å². The molecule has 1 unspecified atom stereocenters. The van der Waals surface area contributed by atoms with Crippen LogP contribution in [0.25, 0.3) is 67.3 Å². The highest BCUT2D eigenvalue weighted by Gasteiger charge is 2.54. The molecule has 2 aliphatic heterocycles. The first-order chi connectivity index (χ1) is 30.7. The Morgan fingerprint density at radius 3 is 1.18 bits per heavy atom. The van der Waals surface area contributed by atoms with E-state index in [1.165, 1.54) is 54.1 Å². The minimum Gasteiger partial charge on any atom is -0.311 e. The molecule has 1 aromatic heterocycles. The Morgan fingerprint density at radius 2 is 0.661 bits per heavy atom. The van der Waals surface area contributed by atoms with Crippen LogP contribution in [0, 0.1) is 0 Å². The number of fused-ring (bicyclic) bond motifs is 10. The topological polar surface area (TPSA) is 29.0 Å². The van der Waals surface area contributed by atoms with E-state index in [4.69, 9.17) is 9.97 Å². The van der Waals surface area contributed by atoms with Gasteiger partial charge in [-0.2, -0.15) is 0 Å². The van der Waals surface area contributed by atoms with Crippen molar-refractivity contribution in [3.05, 3.63) is 237 Å². The SMILES string of the molecule is c1ccc(-c2cc(-c3ccccc3)nc(-c3ccc4c(c3)-c3ccccc3[Si]43c4ccccc4-c4cc(-c5ccc(N(c6ccccc6)c6ccccc6)cc5)ccc43)n2)cc1. The van der Waals surface area contributed by atoms with Crippen LogP contribution in [-0.4, -0.2) is 18.0 Å². The minimum atomic E-state index is -2.67. The number of para-hydroxylation sites is 2. The zero-order valence-electron chi connectivity index (χ0n) is 33.9. The summed E-state index contributed by atoms with van der Waals surface area (Å²) < 4.78 is 0. The summed E-state index contributed by atoms with van der Waals surface area (Å²) in [7, 11) is -2.67. The lowest BCUT2D eigenvalue weighted by molar-refractivity contribution is 1.18. The summed E-state index contributed by atoms with van der Waals surface area (Å²) in [6.45, 7) is 0. The lowest BCUT2D eigenvalue weighted by Gasteiger charge is -2.28. The fourth-order valence-electron chi connectivity index (χ4n) is 9.96. The second kappa shape index (κ2) is 14.7. The molecule has 0 bridgehead atoms. The van der Waals surface area contributed by atoms with Gasteiger partial charge in [-0.3, -0.25) is 0 Å². The van der Waals surface area contributed by atoms with E-state index < -0.39 is 8.07 Å². The van der Waals surface area contributed by atoms with Crippen molar-refractivity contribution in [2.75, 3.05) is 4.90 Å². The van der Waals surface area contributed by atoms with Crippen LogP contribution in [0.2, 0.25) is 0 Å². The number of anilines is 3. The molecule has 0 amide bonds. The molecule has 3 nitrogen and oxygen atoms in total. The van der Waals surface area contributed by atoms with Gasteiger partial charge in [0, 0.05) is 33.8 Å². The smallest absolute Gasteiger partial charge is 0.182 e. The summed E-state index contributed by atoms with van der Waals surface area (Å²) in [5, 5.41) is 5.78. The van der Waals surface area contributed by atoms with Gasteiger partial charge in [0.05, 0.1) is 11.4 Å². The number of hydrogen-bond acceptors (Lipinski definition) is 3. The number of benzene rings is 9. The van der Waals surface area contributed by atoms with Gasteiger partial charge in [-0.25, -0.2) is 9.97 Å². The van der Waals surface area contributed by atoms with Crippen molar-refractivity contribution >= 4 is 45.9 Å². The fourth-order valence-corrected chi connectivity index (χ4v) is 15.5. The molecule has 4 heteroatoms. The highest BCUT2D eigenvalue weighted by atomic mass is 28.3. The van der Waals surface area contributed by atoms with Gasteiger partial charge in [0.25, 0.3) is 0 Å². The lowest BCUT2D eigenvalue weighted by Crippen LogP contribution is -2.70. The van der Waals surface area contributed by atoms with Crippen LogP contribution in [0.15, 0.2) is 237 Å². The predicted molar refractivity (Wildman–Crippen MR) is 260 cm³/mol. The molecule has 10 aromatic rings. The molecule has 0 N–H and O–H groups in total. The standard InChI is InChI=1S/C58H39N3Si/c1-5-17-41(18-6-1)52-39-53(42-19-7-2-8-20-42)60-58(59-52)44-32-36-57-51(38-44)49-26-14-16-28-55(49)62(57)54-27-15-13-25-48(54)50-37-43(31-35-56(50)62)40-29-33-47(34-30-40)61(45-21-9-3-10-22-45)46-23-11-4-12-24-46/h1-39H. The van der Waals surface area contributed by atoms with Crippen LogP contribution in [0.1, 0.15) is 0 Å². The number of aromatic nitrogens is 2. The Bertz CT molecular complexity index is 3180. The molecule has 1 spiro atoms. The van der Waals surface area contributed by atoms with Crippen LogP contribution in [0.4, 0.5) is 17.1 Å². The summed E-state index contributed by atoms with van der Waals surface area (Å²) in [4.78, 5) is 12.8. The van der Waals surface area contributed by atoms with Crippen LogP contribution in [-0.2, 0) is 0 Å². The third-order valence-electron chi connectivity index (χ3n) is 12.7. The maximum Gasteiger partial charge on any atom is 0.182 e. The van der Waals surface area contributed by atoms with E-state index in [1.807, 2.05) is 12.1 Å². The average Bonchev–Trinajstić information content (AvgIpc) is 3.82. The summed E-state index contributed by atoms with van der Waals surface area (Å²) in [5.41, 5.74) is 16.0. The van der Waals surface area contributed by atoms with E-state index >= 15 is 0 Å². The molecule has 12 rings (SSSR count). The van der Waals surface area contributed by atoms with Crippen molar-refractivity contribution < 1.29 is 0 Å². The highest BCUT2D eigenvalue weighted by Crippen LogP contribution is 2.40. The van der Waals surface area contributed by atoms with Gasteiger partial charge in [-0.1, -0.05) is 182 Å². The molecule has 0 aliphatic carbocycles. The molecule has 0 radical (unpaired) electrons. The van der Waals surface area contributed by atoms with Crippen LogP contribution < -0.4 is 25.6 Å². The first-order valence-electron chi connectivity index (χ1n) is 21.2. The largest absolute Gasteiger partial charge is 0.311 e. The number of rotatable bonds is 7. The predicted octanol–water partition coefficient (Wildman–Crippen LogP) is 12.0. The Balaban J connectivity index is 0.981. The van der Waals surface area contributed by atoms with Crippen molar-refractivity contribution in [1.82, 2.24) is 9.97 Å². The average molecular weight is 806 g/mol. The fraction of sp³-hybridized carbons (Fsp3) is 0. The Labute approximate surface area is 363 Å². The molecule has 290 valence electrons. The van der Waals surface area contributed by atoms with Crippen molar-refractivity contribution in [2.24, 2.45) is 0 Å². The third-order valence-corrected chi connectivity index (χ3v) is 17.7. The van der Waals surface area contributed by atoms with E-state index in [0.717, 1.165) is 51.0 Å².